The molecule has 0 spiro atoms. The minimum Gasteiger partial charge on any atom is -0.323 e. The van der Waals surface area contributed by atoms with E-state index in [1.54, 1.807) is 18.6 Å². The second-order valence-corrected chi connectivity index (χ2v) is 6.74. The monoisotopic (exact) mass is 350 g/mol. The summed E-state index contributed by atoms with van der Waals surface area (Å²) in [4.78, 5) is 12.9. The average molecular weight is 351 g/mol. The Labute approximate surface area is 152 Å². The molecule has 0 radical (unpaired) electrons. The summed E-state index contributed by atoms with van der Waals surface area (Å²) in [6, 6.07) is 12.5. The molecule has 5 heteroatoms. The van der Waals surface area contributed by atoms with Gasteiger partial charge in [0.2, 0.25) is 5.95 Å². The van der Waals surface area contributed by atoms with Gasteiger partial charge in [-0.25, -0.2) is 9.97 Å². The smallest absolute Gasteiger partial charge is 0.227 e. The Morgan fingerprint density at radius 1 is 1.04 bits per heavy atom. The van der Waals surface area contributed by atoms with E-state index in [-0.39, 0.29) is 0 Å². The number of hydrogen-bond donors (Lipinski definition) is 1. The first kappa shape index (κ1) is 16.0. The van der Waals surface area contributed by atoms with Crippen molar-refractivity contribution in [3.8, 4) is 0 Å². The highest BCUT2D eigenvalue weighted by Crippen LogP contribution is 2.41. The molecule has 0 aliphatic heterocycles. The zero-order valence-electron chi connectivity index (χ0n) is 13.8. The largest absolute Gasteiger partial charge is 0.323 e. The summed E-state index contributed by atoms with van der Waals surface area (Å²) in [6.07, 6.45) is 9.49. The summed E-state index contributed by atoms with van der Waals surface area (Å²) in [5.74, 6) is 1.29. The molecule has 4 nitrogen and oxygen atoms in total. The molecule has 2 heterocycles. The van der Waals surface area contributed by atoms with Crippen molar-refractivity contribution in [1.29, 1.82) is 0 Å². The van der Waals surface area contributed by atoms with Crippen LogP contribution in [0.2, 0.25) is 5.02 Å². The molecule has 0 unspecified atom stereocenters. The molecule has 0 saturated heterocycles. The molecule has 126 valence electrons. The molecule has 1 aromatic carbocycles. The number of rotatable bonds is 6. The number of anilines is 2. The van der Waals surface area contributed by atoms with Crippen LogP contribution in [0.1, 0.15) is 35.6 Å². The molecule has 0 atom stereocenters. The summed E-state index contributed by atoms with van der Waals surface area (Å²) in [7, 11) is 0. The lowest BCUT2D eigenvalue weighted by Crippen LogP contribution is -2.03. The number of pyridine rings is 1. The second-order valence-electron chi connectivity index (χ2n) is 6.33. The molecule has 0 bridgehead atoms. The minimum absolute atomic E-state index is 0.544. The van der Waals surface area contributed by atoms with Gasteiger partial charge in [0.1, 0.15) is 0 Å². The summed E-state index contributed by atoms with van der Waals surface area (Å²) in [5.41, 5.74) is 4.62. The standard InChI is InChI=1S/C20H19ClN4/c21-18-13-23-20(24-16-5-3-11-22-12-16)25-19(18)10-9-14-4-1-2-6-17(14)15-7-8-15/h1-6,11-13,15H,7-10H2,(H,23,24,25). The molecular weight excluding hydrogens is 332 g/mol. The van der Waals surface area contributed by atoms with Crippen molar-refractivity contribution in [2.45, 2.75) is 31.6 Å². The highest BCUT2D eigenvalue weighted by atomic mass is 35.5. The summed E-state index contributed by atoms with van der Waals surface area (Å²) >= 11 is 6.31. The maximum absolute atomic E-state index is 6.31. The lowest BCUT2D eigenvalue weighted by atomic mass is 9.98. The first-order valence-corrected chi connectivity index (χ1v) is 8.93. The van der Waals surface area contributed by atoms with E-state index in [1.165, 1.54) is 24.0 Å². The van der Waals surface area contributed by atoms with E-state index in [0.29, 0.717) is 11.0 Å². The van der Waals surface area contributed by atoms with Crippen molar-refractivity contribution in [1.82, 2.24) is 15.0 Å². The quantitative estimate of drug-likeness (QED) is 0.684. The van der Waals surface area contributed by atoms with Crippen LogP contribution in [0.4, 0.5) is 11.6 Å². The Bertz CT molecular complexity index is 863. The van der Waals surface area contributed by atoms with Crippen LogP contribution >= 0.6 is 11.6 Å². The number of halogens is 1. The van der Waals surface area contributed by atoms with E-state index in [2.05, 4.69) is 44.5 Å². The molecule has 1 fully saturated rings. The van der Waals surface area contributed by atoms with Gasteiger partial charge in [0.15, 0.2) is 0 Å². The third kappa shape index (κ3) is 3.97. The molecule has 1 aliphatic carbocycles. The van der Waals surface area contributed by atoms with Gasteiger partial charge in [-0.15, -0.1) is 0 Å². The van der Waals surface area contributed by atoms with Gasteiger partial charge in [-0.05, 0) is 54.9 Å². The lowest BCUT2D eigenvalue weighted by molar-refractivity contribution is 0.885. The topological polar surface area (TPSA) is 50.7 Å². The van der Waals surface area contributed by atoms with Crippen LogP contribution in [0.15, 0.2) is 55.0 Å². The fourth-order valence-electron chi connectivity index (χ4n) is 3.01. The van der Waals surface area contributed by atoms with E-state index in [4.69, 9.17) is 11.6 Å². The minimum atomic E-state index is 0.544. The van der Waals surface area contributed by atoms with Gasteiger partial charge < -0.3 is 5.32 Å². The maximum atomic E-state index is 6.31. The van der Waals surface area contributed by atoms with Crippen molar-refractivity contribution in [3.05, 3.63) is 76.8 Å². The van der Waals surface area contributed by atoms with Gasteiger partial charge in [0.05, 0.1) is 28.8 Å². The van der Waals surface area contributed by atoms with E-state index in [1.807, 2.05) is 12.1 Å². The predicted molar refractivity (Wildman–Crippen MR) is 100 cm³/mol. The molecule has 4 rings (SSSR count). The van der Waals surface area contributed by atoms with Crippen molar-refractivity contribution < 1.29 is 0 Å². The van der Waals surface area contributed by atoms with Crippen molar-refractivity contribution in [2.75, 3.05) is 5.32 Å². The van der Waals surface area contributed by atoms with Gasteiger partial charge in [-0.3, -0.25) is 4.98 Å². The fraction of sp³-hybridized carbons (Fsp3) is 0.250. The number of hydrogen-bond acceptors (Lipinski definition) is 4. The Balaban J connectivity index is 1.49. The molecular formula is C20H19ClN4. The van der Waals surface area contributed by atoms with Crippen LogP contribution in [0.25, 0.3) is 0 Å². The maximum Gasteiger partial charge on any atom is 0.227 e. The molecule has 1 saturated carbocycles. The first-order chi connectivity index (χ1) is 12.3. The Morgan fingerprint density at radius 2 is 1.92 bits per heavy atom. The average Bonchev–Trinajstić information content (AvgIpc) is 3.48. The van der Waals surface area contributed by atoms with E-state index >= 15 is 0 Å². The Hall–Kier alpha value is -2.46. The van der Waals surface area contributed by atoms with Crippen molar-refractivity contribution >= 4 is 23.2 Å². The molecule has 1 N–H and O–H groups in total. The molecule has 0 amide bonds. The number of benzene rings is 1. The summed E-state index contributed by atoms with van der Waals surface area (Å²) in [6.45, 7) is 0. The van der Waals surface area contributed by atoms with Crippen molar-refractivity contribution in [3.63, 3.8) is 0 Å². The number of aromatic nitrogens is 3. The fourth-order valence-corrected chi connectivity index (χ4v) is 3.20. The predicted octanol–water partition coefficient (Wildman–Crippen LogP) is 4.93. The zero-order chi connectivity index (χ0) is 17.1. The number of nitrogens with zero attached hydrogens (tertiary/aromatic N) is 3. The summed E-state index contributed by atoms with van der Waals surface area (Å²) in [5, 5.41) is 3.78. The molecule has 2 aromatic heterocycles. The van der Waals surface area contributed by atoms with Gasteiger partial charge in [-0.1, -0.05) is 35.9 Å². The Kier molecular flexibility index (Phi) is 4.61. The van der Waals surface area contributed by atoms with Crippen LogP contribution in [0.3, 0.4) is 0 Å². The van der Waals surface area contributed by atoms with Gasteiger partial charge >= 0.3 is 0 Å². The molecule has 1 aliphatic rings. The van der Waals surface area contributed by atoms with E-state index in [9.17, 15) is 0 Å². The Morgan fingerprint density at radius 3 is 2.72 bits per heavy atom. The third-order valence-electron chi connectivity index (χ3n) is 4.44. The molecule has 25 heavy (non-hydrogen) atoms. The molecule has 3 aromatic rings. The van der Waals surface area contributed by atoms with Gasteiger partial charge in [0, 0.05) is 6.20 Å². The number of aryl methyl sites for hydroxylation is 2. The van der Waals surface area contributed by atoms with Gasteiger partial charge in [-0.2, -0.15) is 0 Å². The van der Waals surface area contributed by atoms with Gasteiger partial charge in [0.25, 0.3) is 0 Å². The van der Waals surface area contributed by atoms with E-state index in [0.717, 1.165) is 30.1 Å². The number of nitrogens with one attached hydrogen (secondary N) is 1. The third-order valence-corrected chi connectivity index (χ3v) is 4.75. The lowest BCUT2D eigenvalue weighted by Gasteiger charge is -2.10. The van der Waals surface area contributed by atoms with E-state index < -0.39 is 0 Å². The first-order valence-electron chi connectivity index (χ1n) is 8.56. The van der Waals surface area contributed by atoms with Crippen LogP contribution in [-0.2, 0) is 12.8 Å². The highest BCUT2D eigenvalue weighted by molar-refractivity contribution is 6.31. The highest BCUT2D eigenvalue weighted by Gasteiger charge is 2.25. The van der Waals surface area contributed by atoms with Crippen LogP contribution in [0.5, 0.6) is 0 Å². The van der Waals surface area contributed by atoms with Crippen LogP contribution in [0, 0.1) is 0 Å². The summed E-state index contributed by atoms with van der Waals surface area (Å²) < 4.78 is 0. The zero-order valence-corrected chi connectivity index (χ0v) is 14.6. The van der Waals surface area contributed by atoms with Crippen LogP contribution < -0.4 is 5.32 Å². The van der Waals surface area contributed by atoms with Crippen LogP contribution in [-0.4, -0.2) is 15.0 Å². The second kappa shape index (κ2) is 7.19. The SMILES string of the molecule is Clc1cnc(Nc2cccnc2)nc1CCc1ccccc1C1CC1. The van der Waals surface area contributed by atoms with Crippen molar-refractivity contribution in [2.24, 2.45) is 0 Å². The normalized spacial score (nSPS) is 13.6.